The lowest BCUT2D eigenvalue weighted by atomic mass is 9.99. The Labute approximate surface area is 94.6 Å². The second kappa shape index (κ2) is 5.49. The molecule has 0 radical (unpaired) electrons. The highest BCUT2D eigenvalue weighted by atomic mass is 16.5. The van der Waals surface area contributed by atoms with Crippen molar-refractivity contribution in [2.45, 2.75) is 27.2 Å². The third-order valence-corrected chi connectivity index (χ3v) is 2.45. The maximum atomic E-state index is 11.7. The Morgan fingerprint density at radius 2 is 2.12 bits per heavy atom. The molecule has 0 saturated carbocycles. The summed E-state index contributed by atoms with van der Waals surface area (Å²) in [7, 11) is 0. The van der Waals surface area contributed by atoms with E-state index < -0.39 is 11.9 Å². The Kier molecular flexibility index (Phi) is 4.28. The van der Waals surface area contributed by atoms with Crippen molar-refractivity contribution in [2.75, 3.05) is 6.61 Å². The molecule has 0 aromatic carbocycles. The SMILES string of the molecule is CCOC(=O)C(C)C(=O)Cc1cocc1C. The summed E-state index contributed by atoms with van der Waals surface area (Å²) >= 11 is 0. The predicted molar refractivity (Wildman–Crippen MR) is 58.0 cm³/mol. The number of carbonyl (C=O) groups excluding carboxylic acids is 2. The number of esters is 1. The molecule has 1 aromatic heterocycles. The van der Waals surface area contributed by atoms with Crippen LogP contribution >= 0.6 is 0 Å². The second-order valence-corrected chi connectivity index (χ2v) is 3.70. The van der Waals surface area contributed by atoms with E-state index in [4.69, 9.17) is 9.15 Å². The topological polar surface area (TPSA) is 56.5 Å². The summed E-state index contributed by atoms with van der Waals surface area (Å²) < 4.78 is 9.76. The third-order valence-electron chi connectivity index (χ3n) is 2.45. The van der Waals surface area contributed by atoms with Gasteiger partial charge >= 0.3 is 5.97 Å². The molecule has 1 unspecified atom stereocenters. The maximum Gasteiger partial charge on any atom is 0.316 e. The zero-order valence-electron chi connectivity index (χ0n) is 9.78. The first-order valence-electron chi connectivity index (χ1n) is 5.27. The van der Waals surface area contributed by atoms with Crippen molar-refractivity contribution in [3.63, 3.8) is 0 Å². The molecule has 4 nitrogen and oxygen atoms in total. The van der Waals surface area contributed by atoms with Gasteiger partial charge in [-0.25, -0.2) is 0 Å². The largest absolute Gasteiger partial charge is 0.472 e. The maximum absolute atomic E-state index is 11.7. The highest BCUT2D eigenvalue weighted by Crippen LogP contribution is 2.13. The average molecular weight is 224 g/mol. The Bertz CT molecular complexity index is 378. The van der Waals surface area contributed by atoms with Crippen molar-refractivity contribution >= 4 is 11.8 Å². The second-order valence-electron chi connectivity index (χ2n) is 3.70. The van der Waals surface area contributed by atoms with Gasteiger partial charge < -0.3 is 9.15 Å². The van der Waals surface area contributed by atoms with Gasteiger partial charge in [0, 0.05) is 12.0 Å². The van der Waals surface area contributed by atoms with Gasteiger partial charge in [0.15, 0.2) is 5.78 Å². The fourth-order valence-corrected chi connectivity index (χ4v) is 1.31. The molecule has 1 atom stereocenters. The van der Waals surface area contributed by atoms with Gasteiger partial charge in [0.05, 0.1) is 19.1 Å². The molecular weight excluding hydrogens is 208 g/mol. The number of hydrogen-bond donors (Lipinski definition) is 0. The molecular formula is C12H16O4. The first-order valence-corrected chi connectivity index (χ1v) is 5.27. The number of carbonyl (C=O) groups is 2. The standard InChI is InChI=1S/C12H16O4/c1-4-16-12(14)9(3)11(13)5-10-7-15-6-8(10)2/h6-7,9H,4-5H2,1-3H3. The third kappa shape index (κ3) is 2.95. The van der Waals surface area contributed by atoms with Crippen LogP contribution in [0, 0.1) is 12.8 Å². The van der Waals surface area contributed by atoms with Crippen LogP contribution in [0.2, 0.25) is 0 Å². The van der Waals surface area contributed by atoms with Crippen LogP contribution in [0.1, 0.15) is 25.0 Å². The molecule has 0 aliphatic rings. The molecule has 0 aliphatic carbocycles. The number of rotatable bonds is 5. The highest BCUT2D eigenvalue weighted by molar-refractivity contribution is 5.99. The smallest absolute Gasteiger partial charge is 0.316 e. The van der Waals surface area contributed by atoms with Crippen LogP contribution in [0.25, 0.3) is 0 Å². The molecule has 0 aliphatic heterocycles. The van der Waals surface area contributed by atoms with Crippen molar-refractivity contribution in [1.82, 2.24) is 0 Å². The molecule has 0 N–H and O–H groups in total. The van der Waals surface area contributed by atoms with E-state index in [1.54, 1.807) is 20.1 Å². The van der Waals surface area contributed by atoms with Crippen LogP contribution in [0.15, 0.2) is 16.9 Å². The zero-order valence-corrected chi connectivity index (χ0v) is 9.78. The molecule has 0 amide bonds. The van der Waals surface area contributed by atoms with E-state index in [1.807, 2.05) is 6.92 Å². The summed E-state index contributed by atoms with van der Waals surface area (Å²) in [4.78, 5) is 23.1. The van der Waals surface area contributed by atoms with E-state index in [0.29, 0.717) is 6.61 Å². The molecule has 1 heterocycles. The van der Waals surface area contributed by atoms with Gasteiger partial charge in [-0.1, -0.05) is 0 Å². The number of Topliss-reactive ketones (excluding diaryl/α,β-unsaturated/α-hetero) is 1. The summed E-state index contributed by atoms with van der Waals surface area (Å²) in [6.07, 6.45) is 3.32. The summed E-state index contributed by atoms with van der Waals surface area (Å²) in [5.41, 5.74) is 1.74. The minimum Gasteiger partial charge on any atom is -0.472 e. The first kappa shape index (κ1) is 12.5. The van der Waals surface area contributed by atoms with Crippen molar-refractivity contribution in [3.8, 4) is 0 Å². The molecule has 16 heavy (non-hydrogen) atoms. The van der Waals surface area contributed by atoms with E-state index in [1.165, 1.54) is 6.26 Å². The van der Waals surface area contributed by atoms with Crippen LogP contribution in [0.4, 0.5) is 0 Å². The van der Waals surface area contributed by atoms with Crippen molar-refractivity contribution in [2.24, 2.45) is 5.92 Å². The van der Waals surface area contributed by atoms with Crippen LogP contribution in [0.5, 0.6) is 0 Å². The minimum absolute atomic E-state index is 0.150. The number of hydrogen-bond acceptors (Lipinski definition) is 4. The Morgan fingerprint density at radius 3 is 2.62 bits per heavy atom. The van der Waals surface area contributed by atoms with Crippen LogP contribution in [-0.2, 0) is 20.7 Å². The number of furan rings is 1. The molecule has 88 valence electrons. The van der Waals surface area contributed by atoms with Gasteiger partial charge in [-0.15, -0.1) is 0 Å². The van der Waals surface area contributed by atoms with Gasteiger partial charge in [0.2, 0.25) is 0 Å². The Morgan fingerprint density at radius 1 is 1.44 bits per heavy atom. The fourth-order valence-electron chi connectivity index (χ4n) is 1.31. The lowest BCUT2D eigenvalue weighted by Crippen LogP contribution is -2.24. The number of ketones is 1. The molecule has 1 aromatic rings. The lowest BCUT2D eigenvalue weighted by molar-refractivity contribution is -0.150. The Balaban J connectivity index is 2.59. The van der Waals surface area contributed by atoms with Crippen molar-refractivity contribution < 1.29 is 18.7 Å². The van der Waals surface area contributed by atoms with E-state index in [-0.39, 0.29) is 12.2 Å². The van der Waals surface area contributed by atoms with Gasteiger partial charge in [-0.2, -0.15) is 0 Å². The summed E-state index contributed by atoms with van der Waals surface area (Å²) in [5, 5.41) is 0. The number of ether oxygens (including phenoxy) is 1. The molecule has 1 rings (SSSR count). The summed E-state index contributed by atoms with van der Waals surface area (Å²) in [5.74, 6) is -1.33. The molecule has 0 bridgehead atoms. The average Bonchev–Trinajstić information content (AvgIpc) is 2.63. The van der Waals surface area contributed by atoms with Gasteiger partial charge in [0.1, 0.15) is 5.92 Å². The van der Waals surface area contributed by atoms with Crippen molar-refractivity contribution in [3.05, 3.63) is 23.7 Å². The Hall–Kier alpha value is -1.58. The fraction of sp³-hybridized carbons (Fsp3) is 0.500. The van der Waals surface area contributed by atoms with Crippen LogP contribution in [0.3, 0.4) is 0 Å². The minimum atomic E-state index is -0.714. The van der Waals surface area contributed by atoms with Crippen molar-refractivity contribution in [1.29, 1.82) is 0 Å². The monoisotopic (exact) mass is 224 g/mol. The van der Waals surface area contributed by atoms with Crippen LogP contribution < -0.4 is 0 Å². The van der Waals surface area contributed by atoms with Gasteiger partial charge in [-0.05, 0) is 26.3 Å². The van der Waals surface area contributed by atoms with E-state index >= 15 is 0 Å². The lowest BCUT2D eigenvalue weighted by Gasteiger charge is -2.08. The molecule has 0 spiro atoms. The normalized spacial score (nSPS) is 12.2. The highest BCUT2D eigenvalue weighted by Gasteiger charge is 2.23. The predicted octanol–water partition coefficient (Wildman–Crippen LogP) is 1.90. The van der Waals surface area contributed by atoms with Gasteiger partial charge in [0.25, 0.3) is 0 Å². The number of aryl methyl sites for hydroxylation is 1. The molecule has 0 fully saturated rings. The first-order chi connectivity index (χ1) is 7.56. The van der Waals surface area contributed by atoms with E-state index in [9.17, 15) is 9.59 Å². The van der Waals surface area contributed by atoms with Gasteiger partial charge in [-0.3, -0.25) is 9.59 Å². The summed E-state index contributed by atoms with van der Waals surface area (Å²) in [6.45, 7) is 5.44. The zero-order chi connectivity index (χ0) is 12.1. The van der Waals surface area contributed by atoms with E-state index in [0.717, 1.165) is 11.1 Å². The summed E-state index contributed by atoms with van der Waals surface area (Å²) in [6, 6.07) is 0. The van der Waals surface area contributed by atoms with E-state index in [2.05, 4.69) is 0 Å². The molecule has 0 saturated heterocycles. The van der Waals surface area contributed by atoms with Crippen LogP contribution in [-0.4, -0.2) is 18.4 Å². The quantitative estimate of drug-likeness (QED) is 0.566. The molecule has 4 heteroatoms.